The monoisotopic (exact) mass is 372 g/mol. The lowest BCUT2D eigenvalue weighted by Crippen LogP contribution is -2.12. The van der Waals surface area contributed by atoms with Crippen molar-refractivity contribution in [1.82, 2.24) is 0 Å². The average molecular weight is 373 g/mol. The van der Waals surface area contributed by atoms with E-state index in [0.717, 1.165) is 0 Å². The fraction of sp³-hybridized carbons (Fsp3) is 0.158. The second kappa shape index (κ2) is 9.48. The Morgan fingerprint density at radius 2 is 1.50 bits per heavy atom. The maximum absolute atomic E-state index is 11.2. The Morgan fingerprint density at radius 3 is 2.00 bits per heavy atom. The second-order valence-corrected chi connectivity index (χ2v) is 5.62. The molecule has 0 heterocycles. The largest absolute Gasteiger partial charge is 0.490 e. The van der Waals surface area contributed by atoms with Crippen molar-refractivity contribution in [2.75, 3.05) is 13.2 Å². The molecule has 134 valence electrons. The minimum atomic E-state index is -0.515. The van der Waals surface area contributed by atoms with Crippen molar-refractivity contribution in [2.24, 2.45) is 10.2 Å². The van der Waals surface area contributed by atoms with E-state index < -0.39 is 11.2 Å². The van der Waals surface area contributed by atoms with Gasteiger partial charge in [-0.1, -0.05) is 6.58 Å². The molecule has 0 saturated heterocycles. The van der Waals surface area contributed by atoms with Crippen LogP contribution in [0.3, 0.4) is 0 Å². The number of benzene rings is 2. The van der Waals surface area contributed by atoms with Crippen LogP contribution >= 0.6 is 11.6 Å². The SMILES string of the molecule is C=C(C)C(=O)OCCOc1ccc(N=Nc2ccc(C(=O)Cl)cc2)cc1. The van der Waals surface area contributed by atoms with Crippen LogP contribution in [0.25, 0.3) is 0 Å². The molecule has 0 fully saturated rings. The number of halogens is 1. The third kappa shape index (κ3) is 6.14. The van der Waals surface area contributed by atoms with Crippen LogP contribution in [-0.4, -0.2) is 24.4 Å². The summed E-state index contributed by atoms with van der Waals surface area (Å²) in [6, 6.07) is 13.5. The number of rotatable bonds is 8. The number of hydrogen-bond donors (Lipinski definition) is 0. The number of carbonyl (C=O) groups is 2. The van der Waals surface area contributed by atoms with Gasteiger partial charge in [-0.2, -0.15) is 10.2 Å². The standard InChI is InChI=1S/C19H17ClN2O4/c1-13(2)19(24)26-12-11-25-17-9-7-16(8-10-17)22-21-15-5-3-14(4-6-15)18(20)23/h3-10H,1,11-12H2,2H3. The molecule has 0 spiro atoms. The predicted molar refractivity (Wildman–Crippen MR) is 98.5 cm³/mol. The third-order valence-corrected chi connectivity index (χ3v) is 3.36. The molecule has 6 nitrogen and oxygen atoms in total. The fourth-order valence-corrected chi connectivity index (χ4v) is 1.93. The van der Waals surface area contributed by atoms with Crippen molar-refractivity contribution in [3.63, 3.8) is 0 Å². The van der Waals surface area contributed by atoms with E-state index in [2.05, 4.69) is 16.8 Å². The van der Waals surface area contributed by atoms with Crippen LogP contribution in [0.2, 0.25) is 0 Å². The highest BCUT2D eigenvalue weighted by molar-refractivity contribution is 6.67. The molecule has 2 aromatic rings. The molecule has 0 N–H and O–H groups in total. The van der Waals surface area contributed by atoms with Crippen LogP contribution in [0.15, 0.2) is 70.9 Å². The van der Waals surface area contributed by atoms with Crippen molar-refractivity contribution in [1.29, 1.82) is 0 Å². The molecule has 0 amide bonds. The molecule has 0 atom stereocenters. The quantitative estimate of drug-likeness (QED) is 0.215. The lowest BCUT2D eigenvalue weighted by Gasteiger charge is -2.07. The first-order valence-corrected chi connectivity index (χ1v) is 8.10. The van der Waals surface area contributed by atoms with E-state index >= 15 is 0 Å². The van der Waals surface area contributed by atoms with Gasteiger partial charge in [-0.3, -0.25) is 4.79 Å². The summed E-state index contributed by atoms with van der Waals surface area (Å²) in [5.74, 6) is 0.188. The van der Waals surface area contributed by atoms with Gasteiger partial charge in [-0.15, -0.1) is 0 Å². The zero-order chi connectivity index (χ0) is 18.9. The number of esters is 1. The number of nitrogens with zero attached hydrogens (tertiary/aromatic N) is 2. The smallest absolute Gasteiger partial charge is 0.333 e. The molecule has 0 aliphatic carbocycles. The molecule has 0 saturated carbocycles. The van der Waals surface area contributed by atoms with Crippen molar-refractivity contribution in [3.05, 3.63) is 66.2 Å². The number of ether oxygens (including phenoxy) is 2. The molecule has 2 aromatic carbocycles. The van der Waals surface area contributed by atoms with Gasteiger partial charge in [0.25, 0.3) is 5.24 Å². The first-order chi connectivity index (χ1) is 12.5. The molecule has 0 radical (unpaired) electrons. The molecular formula is C19H17ClN2O4. The second-order valence-electron chi connectivity index (χ2n) is 5.28. The first-order valence-electron chi connectivity index (χ1n) is 7.73. The molecule has 26 heavy (non-hydrogen) atoms. The predicted octanol–water partition coefficient (Wildman–Crippen LogP) is 4.98. The van der Waals surface area contributed by atoms with Crippen LogP contribution in [-0.2, 0) is 9.53 Å². The maximum atomic E-state index is 11.2. The summed E-state index contributed by atoms with van der Waals surface area (Å²) in [6.45, 7) is 5.47. The summed E-state index contributed by atoms with van der Waals surface area (Å²) in [4.78, 5) is 22.2. The van der Waals surface area contributed by atoms with E-state index in [1.54, 1.807) is 55.5 Å². The van der Waals surface area contributed by atoms with Crippen molar-refractivity contribution in [2.45, 2.75) is 6.92 Å². The van der Waals surface area contributed by atoms with Gasteiger partial charge in [0.15, 0.2) is 0 Å². The van der Waals surface area contributed by atoms with Crippen molar-refractivity contribution < 1.29 is 19.1 Å². The Kier molecular flexibility index (Phi) is 7.05. The van der Waals surface area contributed by atoms with Gasteiger partial charge in [0, 0.05) is 11.1 Å². The van der Waals surface area contributed by atoms with E-state index in [0.29, 0.717) is 28.3 Å². The number of hydrogen-bond acceptors (Lipinski definition) is 6. The molecular weight excluding hydrogens is 356 g/mol. The summed E-state index contributed by atoms with van der Waals surface area (Å²) in [7, 11) is 0. The summed E-state index contributed by atoms with van der Waals surface area (Å²) in [5.41, 5.74) is 2.00. The Balaban J connectivity index is 1.84. The van der Waals surface area contributed by atoms with Crippen LogP contribution < -0.4 is 4.74 Å². The van der Waals surface area contributed by atoms with E-state index in [1.165, 1.54) is 0 Å². The van der Waals surface area contributed by atoms with E-state index in [-0.39, 0.29) is 13.2 Å². The molecule has 0 aliphatic rings. The van der Waals surface area contributed by atoms with Gasteiger partial charge in [0.05, 0.1) is 11.4 Å². The number of azo groups is 1. The zero-order valence-corrected chi connectivity index (χ0v) is 14.9. The molecule has 0 bridgehead atoms. The summed E-state index contributed by atoms with van der Waals surface area (Å²) >= 11 is 5.38. The maximum Gasteiger partial charge on any atom is 0.333 e. The summed E-state index contributed by atoms with van der Waals surface area (Å²) in [5, 5.41) is 7.67. The lowest BCUT2D eigenvalue weighted by molar-refractivity contribution is -0.139. The van der Waals surface area contributed by atoms with Crippen molar-refractivity contribution >= 4 is 34.2 Å². The van der Waals surface area contributed by atoms with Crippen LogP contribution in [0.1, 0.15) is 17.3 Å². The third-order valence-electron chi connectivity index (χ3n) is 3.15. The highest BCUT2D eigenvalue weighted by Gasteiger charge is 2.03. The van der Waals surface area contributed by atoms with Crippen LogP contribution in [0.5, 0.6) is 5.75 Å². The van der Waals surface area contributed by atoms with E-state index in [1.807, 2.05) is 0 Å². The van der Waals surface area contributed by atoms with Crippen LogP contribution in [0.4, 0.5) is 11.4 Å². The average Bonchev–Trinajstić information content (AvgIpc) is 2.64. The minimum absolute atomic E-state index is 0.147. The van der Waals surface area contributed by atoms with Gasteiger partial charge >= 0.3 is 5.97 Å². The van der Waals surface area contributed by atoms with Crippen molar-refractivity contribution in [3.8, 4) is 5.75 Å². The van der Waals surface area contributed by atoms with Gasteiger partial charge < -0.3 is 9.47 Å². The topological polar surface area (TPSA) is 77.3 Å². The molecule has 7 heteroatoms. The molecule has 0 unspecified atom stereocenters. The van der Waals surface area contributed by atoms with E-state index in [9.17, 15) is 9.59 Å². The Hall–Kier alpha value is -2.99. The van der Waals surface area contributed by atoms with Gasteiger partial charge in [-0.25, -0.2) is 4.79 Å². The van der Waals surface area contributed by atoms with Crippen LogP contribution in [0, 0.1) is 0 Å². The van der Waals surface area contributed by atoms with E-state index in [4.69, 9.17) is 21.1 Å². The van der Waals surface area contributed by atoms with Gasteiger partial charge in [0.1, 0.15) is 19.0 Å². The number of carbonyl (C=O) groups excluding carboxylic acids is 2. The lowest BCUT2D eigenvalue weighted by atomic mass is 10.2. The van der Waals surface area contributed by atoms with Gasteiger partial charge in [0.2, 0.25) is 0 Å². The normalized spacial score (nSPS) is 10.5. The minimum Gasteiger partial charge on any atom is -0.490 e. The molecule has 0 aliphatic heterocycles. The first kappa shape index (κ1) is 19.3. The summed E-state index contributed by atoms with van der Waals surface area (Å²) < 4.78 is 10.4. The fourth-order valence-electron chi connectivity index (χ4n) is 1.80. The van der Waals surface area contributed by atoms with Gasteiger partial charge in [-0.05, 0) is 67.1 Å². The molecule has 0 aromatic heterocycles. The Labute approximate surface area is 156 Å². The highest BCUT2D eigenvalue weighted by Crippen LogP contribution is 2.21. The Morgan fingerprint density at radius 1 is 0.962 bits per heavy atom. The molecule has 2 rings (SSSR count). The summed E-state index contributed by atoms with van der Waals surface area (Å²) in [6.07, 6.45) is 0. The highest BCUT2D eigenvalue weighted by atomic mass is 35.5. The zero-order valence-electron chi connectivity index (χ0n) is 14.1. The Bertz CT molecular complexity index is 814.